The number of ether oxygens (including phenoxy) is 2. The largest absolute Gasteiger partial charge is 0.477 e. The van der Waals surface area contributed by atoms with E-state index >= 15 is 0 Å². The summed E-state index contributed by atoms with van der Waals surface area (Å²) in [6.07, 6.45) is 0.486. The first kappa shape index (κ1) is 16.5. The van der Waals surface area contributed by atoms with E-state index in [-0.39, 0.29) is 17.3 Å². The number of rotatable bonds is 6. The molecule has 0 saturated heterocycles. The van der Waals surface area contributed by atoms with Crippen LogP contribution in [0.25, 0.3) is 0 Å². The van der Waals surface area contributed by atoms with E-state index in [9.17, 15) is 9.59 Å². The normalized spacial score (nSPS) is 11.6. The predicted molar refractivity (Wildman–Crippen MR) is 80.2 cm³/mol. The van der Waals surface area contributed by atoms with Crippen LogP contribution in [0, 0.1) is 6.92 Å². The zero-order chi connectivity index (χ0) is 16.8. The van der Waals surface area contributed by atoms with Crippen LogP contribution in [-0.4, -0.2) is 34.7 Å². The fourth-order valence-electron chi connectivity index (χ4n) is 1.73. The molecule has 0 radical (unpaired) electrons. The van der Waals surface area contributed by atoms with E-state index in [2.05, 4.69) is 15.5 Å². The van der Waals surface area contributed by atoms with Gasteiger partial charge in [-0.25, -0.2) is 9.78 Å². The van der Waals surface area contributed by atoms with Gasteiger partial charge in [0, 0.05) is 12.3 Å². The third-order valence-corrected chi connectivity index (χ3v) is 2.80. The molecule has 1 amide bonds. The van der Waals surface area contributed by atoms with Gasteiger partial charge in [0.15, 0.2) is 11.9 Å². The average molecular weight is 319 g/mol. The molecule has 0 aromatic carbocycles. The zero-order valence-corrected chi connectivity index (χ0v) is 13.0. The third kappa shape index (κ3) is 4.29. The number of anilines is 1. The number of hydrogen-bond acceptors (Lipinski definition) is 7. The highest BCUT2D eigenvalue weighted by Crippen LogP contribution is 2.16. The van der Waals surface area contributed by atoms with E-state index in [0.717, 1.165) is 0 Å². The predicted octanol–water partition coefficient (Wildman–Crippen LogP) is 1.96. The van der Waals surface area contributed by atoms with Crippen LogP contribution in [0.5, 0.6) is 5.88 Å². The summed E-state index contributed by atoms with van der Waals surface area (Å²) in [6, 6.07) is 4.66. The Morgan fingerprint density at radius 3 is 2.87 bits per heavy atom. The summed E-state index contributed by atoms with van der Waals surface area (Å²) in [5.74, 6) is -0.234. The van der Waals surface area contributed by atoms with E-state index in [4.69, 9.17) is 14.0 Å². The van der Waals surface area contributed by atoms with Crippen molar-refractivity contribution >= 4 is 17.7 Å². The molecule has 2 rings (SSSR count). The van der Waals surface area contributed by atoms with Gasteiger partial charge in [-0.05, 0) is 32.9 Å². The minimum atomic E-state index is -1.02. The molecule has 0 fully saturated rings. The van der Waals surface area contributed by atoms with Crippen LogP contribution in [0.15, 0.2) is 28.9 Å². The van der Waals surface area contributed by atoms with Crippen molar-refractivity contribution in [3.05, 3.63) is 35.7 Å². The Hall–Kier alpha value is -2.90. The first-order valence-electron chi connectivity index (χ1n) is 7.04. The third-order valence-electron chi connectivity index (χ3n) is 2.80. The van der Waals surface area contributed by atoms with Gasteiger partial charge in [0.1, 0.15) is 11.3 Å². The summed E-state index contributed by atoms with van der Waals surface area (Å²) >= 11 is 0. The molecular formula is C15H17N3O5. The maximum atomic E-state index is 12.2. The first-order chi connectivity index (χ1) is 11.0. The Balaban J connectivity index is 2.00. The Morgan fingerprint density at radius 2 is 2.22 bits per heavy atom. The SMILES string of the molecule is CCOc1ncccc1C(=O)O[C@@H](C)C(=O)Nc1cc(C)on1. The molecule has 1 atom stereocenters. The summed E-state index contributed by atoms with van der Waals surface area (Å²) in [7, 11) is 0. The molecule has 23 heavy (non-hydrogen) atoms. The van der Waals surface area contributed by atoms with Crippen LogP contribution >= 0.6 is 0 Å². The van der Waals surface area contributed by atoms with Crippen molar-refractivity contribution in [3.8, 4) is 5.88 Å². The number of carbonyl (C=O) groups excluding carboxylic acids is 2. The summed E-state index contributed by atoms with van der Waals surface area (Å²) in [5, 5.41) is 6.13. The second kappa shape index (κ2) is 7.39. The van der Waals surface area contributed by atoms with Crippen LogP contribution in [0.3, 0.4) is 0 Å². The maximum absolute atomic E-state index is 12.2. The number of aryl methyl sites for hydroxylation is 1. The van der Waals surface area contributed by atoms with Crippen LogP contribution in [0.4, 0.5) is 5.82 Å². The molecule has 8 heteroatoms. The Kier molecular flexibility index (Phi) is 5.29. The molecule has 1 N–H and O–H groups in total. The Bertz CT molecular complexity index is 698. The second-order valence-corrected chi connectivity index (χ2v) is 4.65. The number of esters is 1. The van der Waals surface area contributed by atoms with Gasteiger partial charge in [-0.2, -0.15) is 0 Å². The minimum Gasteiger partial charge on any atom is -0.477 e. The number of nitrogens with zero attached hydrogens (tertiary/aromatic N) is 2. The van der Waals surface area contributed by atoms with Gasteiger partial charge in [-0.15, -0.1) is 0 Å². The number of pyridine rings is 1. The van der Waals surface area contributed by atoms with Gasteiger partial charge in [0.25, 0.3) is 5.91 Å². The van der Waals surface area contributed by atoms with Crippen molar-refractivity contribution in [1.82, 2.24) is 10.1 Å². The van der Waals surface area contributed by atoms with Crippen LogP contribution in [-0.2, 0) is 9.53 Å². The summed E-state index contributed by atoms with van der Waals surface area (Å²) in [4.78, 5) is 28.1. The number of hydrogen-bond donors (Lipinski definition) is 1. The lowest BCUT2D eigenvalue weighted by atomic mass is 10.2. The van der Waals surface area contributed by atoms with Crippen LogP contribution in [0.2, 0.25) is 0 Å². The molecule has 0 aliphatic heterocycles. The lowest BCUT2D eigenvalue weighted by Crippen LogP contribution is -2.30. The van der Waals surface area contributed by atoms with Crippen molar-refractivity contribution < 1.29 is 23.6 Å². The number of amides is 1. The summed E-state index contributed by atoms with van der Waals surface area (Å²) in [6.45, 7) is 5.29. The van der Waals surface area contributed by atoms with Crippen molar-refractivity contribution in [2.75, 3.05) is 11.9 Å². The average Bonchev–Trinajstić information content (AvgIpc) is 2.93. The highest BCUT2D eigenvalue weighted by atomic mass is 16.6. The lowest BCUT2D eigenvalue weighted by molar-refractivity contribution is -0.123. The molecule has 0 aliphatic carbocycles. The van der Waals surface area contributed by atoms with Crippen molar-refractivity contribution in [2.45, 2.75) is 26.9 Å². The Labute approximate surface area is 132 Å². The van der Waals surface area contributed by atoms with E-state index in [1.54, 1.807) is 26.0 Å². The molecule has 2 aromatic heterocycles. The number of carbonyl (C=O) groups is 2. The van der Waals surface area contributed by atoms with E-state index in [1.165, 1.54) is 19.2 Å². The van der Waals surface area contributed by atoms with Gasteiger partial charge in [0.2, 0.25) is 5.88 Å². The molecule has 2 aromatic rings. The maximum Gasteiger partial charge on any atom is 0.344 e. The molecule has 0 aliphatic rings. The molecule has 8 nitrogen and oxygen atoms in total. The quantitative estimate of drug-likeness (QED) is 0.812. The highest BCUT2D eigenvalue weighted by molar-refractivity contribution is 5.97. The van der Waals surface area contributed by atoms with Crippen LogP contribution < -0.4 is 10.1 Å². The van der Waals surface area contributed by atoms with Gasteiger partial charge in [0.05, 0.1) is 6.61 Å². The topological polar surface area (TPSA) is 104 Å². The first-order valence-corrected chi connectivity index (χ1v) is 7.04. The van der Waals surface area contributed by atoms with Crippen molar-refractivity contribution in [2.24, 2.45) is 0 Å². The smallest absolute Gasteiger partial charge is 0.344 e. The minimum absolute atomic E-state index is 0.159. The number of nitrogens with one attached hydrogen (secondary N) is 1. The highest BCUT2D eigenvalue weighted by Gasteiger charge is 2.22. The molecule has 2 heterocycles. The standard InChI is InChI=1S/C15H17N3O5/c1-4-21-14-11(6-5-7-16-14)15(20)22-10(3)13(19)17-12-8-9(2)23-18-12/h5-8,10H,4H2,1-3H3,(H,17,18,19)/t10-/m0/s1. The molecular weight excluding hydrogens is 302 g/mol. The van der Waals surface area contributed by atoms with E-state index < -0.39 is 18.0 Å². The molecule has 0 bridgehead atoms. The fourth-order valence-corrected chi connectivity index (χ4v) is 1.73. The van der Waals surface area contributed by atoms with Crippen molar-refractivity contribution in [1.29, 1.82) is 0 Å². The van der Waals surface area contributed by atoms with Gasteiger partial charge >= 0.3 is 5.97 Å². The second-order valence-electron chi connectivity index (χ2n) is 4.65. The zero-order valence-electron chi connectivity index (χ0n) is 13.0. The monoisotopic (exact) mass is 319 g/mol. The molecule has 0 saturated carbocycles. The summed E-state index contributed by atoms with van der Waals surface area (Å²) in [5.41, 5.74) is 0.159. The van der Waals surface area contributed by atoms with E-state index in [1.807, 2.05) is 0 Å². The molecule has 0 unspecified atom stereocenters. The fraction of sp³-hybridized carbons (Fsp3) is 0.333. The lowest BCUT2D eigenvalue weighted by Gasteiger charge is -2.13. The molecule has 122 valence electrons. The van der Waals surface area contributed by atoms with Crippen molar-refractivity contribution in [3.63, 3.8) is 0 Å². The van der Waals surface area contributed by atoms with Gasteiger partial charge in [-0.1, -0.05) is 5.16 Å². The van der Waals surface area contributed by atoms with Gasteiger partial charge < -0.3 is 19.3 Å². The van der Waals surface area contributed by atoms with E-state index in [0.29, 0.717) is 12.4 Å². The number of aromatic nitrogens is 2. The Morgan fingerprint density at radius 1 is 1.43 bits per heavy atom. The summed E-state index contributed by atoms with van der Waals surface area (Å²) < 4.78 is 15.2. The van der Waals surface area contributed by atoms with Gasteiger partial charge in [-0.3, -0.25) is 4.79 Å². The molecule has 0 spiro atoms. The van der Waals surface area contributed by atoms with Crippen LogP contribution in [0.1, 0.15) is 30.0 Å².